The molecular formula is C11H9N3O2S. The van der Waals surface area contributed by atoms with Crippen LogP contribution in [-0.4, -0.2) is 14.9 Å². The van der Waals surface area contributed by atoms with Crippen molar-refractivity contribution in [2.45, 2.75) is 6.92 Å². The van der Waals surface area contributed by atoms with Gasteiger partial charge in [0.1, 0.15) is 6.20 Å². The van der Waals surface area contributed by atoms with Gasteiger partial charge in [-0.15, -0.1) is 11.3 Å². The maximum atomic E-state index is 10.4. The van der Waals surface area contributed by atoms with Gasteiger partial charge in [0.25, 0.3) is 5.69 Å². The second-order valence-corrected chi connectivity index (χ2v) is 4.22. The summed E-state index contributed by atoms with van der Waals surface area (Å²) in [6, 6.07) is 3.05. The highest BCUT2D eigenvalue weighted by molar-refractivity contribution is 7.10. The smallest absolute Gasteiger partial charge is 0.258 e. The lowest BCUT2D eigenvalue weighted by atomic mass is 10.3. The average Bonchev–Trinajstić information content (AvgIpc) is 2.73. The first-order valence-electron chi connectivity index (χ1n) is 4.85. The van der Waals surface area contributed by atoms with Crippen LogP contribution in [0.3, 0.4) is 0 Å². The molecule has 17 heavy (non-hydrogen) atoms. The van der Waals surface area contributed by atoms with Crippen LogP contribution in [0, 0.1) is 17.0 Å². The highest BCUT2D eigenvalue weighted by Gasteiger charge is 2.03. The predicted octanol–water partition coefficient (Wildman–Crippen LogP) is 2.93. The highest BCUT2D eigenvalue weighted by Crippen LogP contribution is 2.16. The Morgan fingerprint density at radius 3 is 2.71 bits per heavy atom. The Kier molecular flexibility index (Phi) is 3.24. The number of nitrogens with zero attached hydrogens (tertiary/aromatic N) is 3. The van der Waals surface area contributed by atoms with Gasteiger partial charge in [0.2, 0.25) is 0 Å². The van der Waals surface area contributed by atoms with E-state index in [1.165, 1.54) is 12.3 Å². The zero-order chi connectivity index (χ0) is 12.3. The van der Waals surface area contributed by atoms with Gasteiger partial charge in [0.05, 0.1) is 21.8 Å². The van der Waals surface area contributed by atoms with Gasteiger partial charge in [-0.25, -0.2) is 9.97 Å². The third-order valence-electron chi connectivity index (χ3n) is 2.17. The fourth-order valence-electron chi connectivity index (χ4n) is 1.24. The first-order valence-corrected chi connectivity index (χ1v) is 5.73. The molecule has 0 aromatic carbocycles. The molecule has 0 atom stereocenters. The first kappa shape index (κ1) is 11.4. The molecule has 2 aromatic heterocycles. The Balaban J connectivity index is 2.17. The minimum Gasteiger partial charge on any atom is -0.258 e. The number of rotatable bonds is 3. The second-order valence-electron chi connectivity index (χ2n) is 3.33. The van der Waals surface area contributed by atoms with Gasteiger partial charge < -0.3 is 0 Å². The fraction of sp³-hybridized carbons (Fsp3) is 0.0909. The van der Waals surface area contributed by atoms with E-state index in [9.17, 15) is 10.1 Å². The van der Waals surface area contributed by atoms with Crippen molar-refractivity contribution in [3.63, 3.8) is 0 Å². The monoisotopic (exact) mass is 247 g/mol. The molecule has 0 bridgehead atoms. The highest BCUT2D eigenvalue weighted by atomic mass is 32.1. The molecule has 6 heteroatoms. The van der Waals surface area contributed by atoms with E-state index in [2.05, 4.69) is 9.97 Å². The van der Waals surface area contributed by atoms with Gasteiger partial charge in [-0.3, -0.25) is 10.1 Å². The maximum absolute atomic E-state index is 10.4. The molecule has 0 amide bonds. The van der Waals surface area contributed by atoms with Crippen molar-refractivity contribution in [2.24, 2.45) is 0 Å². The molecule has 0 spiro atoms. The van der Waals surface area contributed by atoms with Gasteiger partial charge in [-0.05, 0) is 25.1 Å². The molecule has 86 valence electrons. The number of hydrogen-bond donors (Lipinski definition) is 0. The quantitative estimate of drug-likeness (QED) is 0.617. The number of hydrogen-bond acceptors (Lipinski definition) is 5. The van der Waals surface area contributed by atoms with Crippen molar-refractivity contribution >= 4 is 29.2 Å². The van der Waals surface area contributed by atoms with Crippen LogP contribution < -0.4 is 0 Å². The van der Waals surface area contributed by atoms with Crippen molar-refractivity contribution < 1.29 is 4.92 Å². The molecule has 2 rings (SSSR count). The summed E-state index contributed by atoms with van der Waals surface area (Å²) in [6.07, 6.45) is 4.96. The normalized spacial score (nSPS) is 10.9. The van der Waals surface area contributed by atoms with Crippen LogP contribution >= 0.6 is 11.3 Å². The van der Waals surface area contributed by atoms with Crippen LogP contribution in [0.4, 0.5) is 5.69 Å². The van der Waals surface area contributed by atoms with Crippen molar-refractivity contribution in [2.75, 3.05) is 0 Å². The van der Waals surface area contributed by atoms with Crippen molar-refractivity contribution in [3.05, 3.63) is 50.2 Å². The summed E-state index contributed by atoms with van der Waals surface area (Å²) < 4.78 is 0. The van der Waals surface area contributed by atoms with Gasteiger partial charge in [0.15, 0.2) is 0 Å². The Morgan fingerprint density at radius 2 is 2.18 bits per heavy atom. The van der Waals surface area contributed by atoms with E-state index >= 15 is 0 Å². The fourth-order valence-corrected chi connectivity index (χ4v) is 1.93. The lowest BCUT2D eigenvalue weighted by Crippen LogP contribution is -1.89. The summed E-state index contributed by atoms with van der Waals surface area (Å²) in [6.45, 7) is 1.93. The van der Waals surface area contributed by atoms with E-state index in [0.717, 1.165) is 10.6 Å². The molecule has 0 unspecified atom stereocenters. The number of pyridine rings is 1. The Labute approximate surface area is 102 Å². The van der Waals surface area contributed by atoms with E-state index in [1.54, 1.807) is 22.9 Å². The molecule has 2 heterocycles. The third kappa shape index (κ3) is 2.73. The van der Waals surface area contributed by atoms with Crippen LogP contribution in [0.15, 0.2) is 23.8 Å². The van der Waals surface area contributed by atoms with Crippen LogP contribution in [0.1, 0.15) is 16.3 Å². The summed E-state index contributed by atoms with van der Waals surface area (Å²) in [5.74, 6) is 0. The molecule has 5 nitrogen and oxygen atoms in total. The molecule has 0 saturated heterocycles. The Bertz CT molecular complexity index is 560. The van der Waals surface area contributed by atoms with Crippen LogP contribution in [0.5, 0.6) is 0 Å². The molecule has 0 aliphatic heterocycles. The van der Waals surface area contributed by atoms with Crippen molar-refractivity contribution in [1.82, 2.24) is 9.97 Å². The van der Waals surface area contributed by atoms with Gasteiger partial charge in [-0.1, -0.05) is 0 Å². The summed E-state index contributed by atoms with van der Waals surface area (Å²) in [7, 11) is 0. The van der Waals surface area contributed by atoms with Gasteiger partial charge in [0, 0.05) is 10.9 Å². The lowest BCUT2D eigenvalue weighted by Gasteiger charge is -1.93. The summed E-state index contributed by atoms with van der Waals surface area (Å²) >= 11 is 1.54. The predicted molar refractivity (Wildman–Crippen MR) is 66.7 cm³/mol. The number of aryl methyl sites for hydroxylation is 1. The number of nitro groups is 1. The van der Waals surface area contributed by atoms with E-state index in [1.807, 2.05) is 19.1 Å². The summed E-state index contributed by atoms with van der Waals surface area (Å²) in [5, 5.41) is 10.4. The molecule has 2 aromatic rings. The van der Waals surface area contributed by atoms with Crippen molar-refractivity contribution in [3.8, 4) is 0 Å². The Morgan fingerprint density at radius 1 is 1.35 bits per heavy atom. The number of thiazole rings is 1. The van der Waals surface area contributed by atoms with Gasteiger partial charge >= 0.3 is 0 Å². The van der Waals surface area contributed by atoms with E-state index in [-0.39, 0.29) is 5.69 Å². The molecule has 0 N–H and O–H groups in total. The molecule has 0 aliphatic rings. The molecule has 0 aliphatic carbocycles. The maximum Gasteiger partial charge on any atom is 0.287 e. The SMILES string of the molecule is Cc1ncsc1C=Cc1ccc([N+](=O)[O-])cn1. The largest absolute Gasteiger partial charge is 0.287 e. The number of aromatic nitrogens is 2. The van der Waals surface area contributed by atoms with Crippen LogP contribution in [-0.2, 0) is 0 Å². The second kappa shape index (κ2) is 4.84. The molecule has 0 saturated carbocycles. The van der Waals surface area contributed by atoms with Crippen LogP contribution in [0.2, 0.25) is 0 Å². The average molecular weight is 247 g/mol. The van der Waals surface area contributed by atoms with E-state index < -0.39 is 4.92 Å². The van der Waals surface area contributed by atoms with E-state index in [4.69, 9.17) is 0 Å². The zero-order valence-electron chi connectivity index (χ0n) is 9.03. The third-order valence-corrected chi connectivity index (χ3v) is 3.07. The Hall–Kier alpha value is -2.08. The minimum absolute atomic E-state index is 0.00359. The van der Waals surface area contributed by atoms with Crippen LogP contribution in [0.25, 0.3) is 12.2 Å². The van der Waals surface area contributed by atoms with Gasteiger partial charge in [-0.2, -0.15) is 0 Å². The molecule has 0 radical (unpaired) electrons. The lowest BCUT2D eigenvalue weighted by molar-refractivity contribution is -0.385. The first-order chi connectivity index (χ1) is 8.16. The molecule has 0 fully saturated rings. The minimum atomic E-state index is -0.464. The zero-order valence-corrected chi connectivity index (χ0v) is 9.85. The van der Waals surface area contributed by atoms with Crippen molar-refractivity contribution in [1.29, 1.82) is 0 Å². The van der Waals surface area contributed by atoms with E-state index in [0.29, 0.717) is 5.69 Å². The summed E-state index contributed by atoms with van der Waals surface area (Å²) in [4.78, 5) is 19.1. The summed E-state index contributed by atoms with van der Waals surface area (Å²) in [5.41, 5.74) is 3.42. The topological polar surface area (TPSA) is 68.9 Å². The molecular weight excluding hydrogens is 238 g/mol. The standard InChI is InChI=1S/C11H9N3O2S/c1-8-11(17-7-13-8)5-3-9-2-4-10(6-12-9)14(15)16/h2-7H,1H3.